The van der Waals surface area contributed by atoms with E-state index < -0.39 is 23.6 Å². The van der Waals surface area contributed by atoms with Gasteiger partial charge in [0, 0.05) is 11.4 Å². The van der Waals surface area contributed by atoms with Gasteiger partial charge in [0.25, 0.3) is 11.4 Å². The highest BCUT2D eigenvalue weighted by Gasteiger charge is 2.14. The van der Waals surface area contributed by atoms with Gasteiger partial charge in [0.1, 0.15) is 46.1 Å². The van der Waals surface area contributed by atoms with Crippen LogP contribution in [0.4, 0.5) is 43.2 Å². The molecule has 0 radical (unpaired) electrons. The predicted octanol–water partition coefficient (Wildman–Crippen LogP) is 8.59. The van der Waals surface area contributed by atoms with Gasteiger partial charge in [0.2, 0.25) is 0 Å². The smallest absolute Gasteiger partial charge is 0.313 e. The van der Waals surface area contributed by atoms with Crippen LogP contribution in [0.15, 0.2) is 54.1 Å². The van der Waals surface area contributed by atoms with E-state index in [2.05, 4.69) is 52.9 Å². The highest BCUT2D eigenvalue weighted by molar-refractivity contribution is 8.00. The summed E-state index contributed by atoms with van der Waals surface area (Å²) in [4.78, 5) is 41.9. The number of anilines is 4. The highest BCUT2D eigenvalue weighted by Crippen LogP contribution is 2.35. The Morgan fingerprint density at radius 1 is 0.826 bits per heavy atom. The van der Waals surface area contributed by atoms with Crippen LogP contribution >= 0.6 is 59.2 Å². The number of hydrogen-bond acceptors (Lipinski definition) is 10. The molecule has 4 N–H and O–H groups in total. The number of aromatic nitrogens is 4. The minimum absolute atomic E-state index is 0. The Hall–Kier alpha value is -4.45. The Labute approximate surface area is 286 Å². The van der Waals surface area contributed by atoms with E-state index in [4.69, 9.17) is 58.2 Å². The van der Waals surface area contributed by atoms with Crippen molar-refractivity contribution in [1.29, 1.82) is 0 Å². The third-order valence-corrected chi connectivity index (χ3v) is 6.71. The van der Waals surface area contributed by atoms with Gasteiger partial charge in [-0.2, -0.15) is 12.6 Å². The number of aliphatic carboxylic acids is 2. The van der Waals surface area contributed by atoms with E-state index in [0.717, 1.165) is 11.8 Å². The Morgan fingerprint density at radius 3 is 1.70 bits per heavy atom. The molecular formula is C27H21Cl3F2N8O4S2. The van der Waals surface area contributed by atoms with E-state index >= 15 is 0 Å². The summed E-state index contributed by atoms with van der Waals surface area (Å²) in [5, 5.41) is 22.2. The number of nitrogens with zero attached hydrogens (tertiary/aromatic N) is 6. The second kappa shape index (κ2) is 19.8. The van der Waals surface area contributed by atoms with E-state index in [0.29, 0.717) is 11.4 Å². The van der Waals surface area contributed by atoms with Crippen molar-refractivity contribution in [2.24, 2.45) is 0 Å². The zero-order valence-electron chi connectivity index (χ0n) is 22.2. The van der Waals surface area contributed by atoms with Gasteiger partial charge in [-0.3, -0.25) is 9.59 Å². The van der Waals surface area contributed by atoms with Gasteiger partial charge in [-0.1, -0.05) is 42.2 Å². The molecule has 4 rings (SSSR count). The van der Waals surface area contributed by atoms with Gasteiger partial charge < -0.3 is 20.8 Å². The zero-order valence-corrected chi connectivity index (χ0v) is 26.2. The van der Waals surface area contributed by atoms with Crippen molar-refractivity contribution in [2.45, 2.75) is 12.5 Å². The van der Waals surface area contributed by atoms with Crippen LogP contribution in [-0.4, -0.2) is 53.6 Å². The fourth-order valence-corrected chi connectivity index (χ4v) is 3.96. The molecule has 0 aliphatic rings. The molecule has 0 saturated carbocycles. The molecule has 0 bridgehead atoms. The number of carboxylic acids is 2. The molecule has 19 heteroatoms. The lowest BCUT2D eigenvalue weighted by Crippen LogP contribution is -2.00. The lowest BCUT2D eigenvalue weighted by molar-refractivity contribution is -0.134. The SMILES string of the molecule is C.O=C(O)CS.[C-]#[N+]c1c(Cl)ncnc1Nc1ccc(F)c(Cl)c1.[C-]#[N+]c1c(Nc2ccc(F)c(Cl)c2)ncnc1SCC(=O)O. The first kappa shape index (κ1) is 39.6. The van der Waals surface area contributed by atoms with Crippen molar-refractivity contribution in [2.75, 3.05) is 22.1 Å². The molecule has 4 aromatic rings. The molecular weight excluding hydrogens is 709 g/mol. The maximum Gasteiger partial charge on any atom is 0.313 e. The molecule has 2 heterocycles. The van der Waals surface area contributed by atoms with Crippen LogP contribution in [0.1, 0.15) is 7.43 Å². The van der Waals surface area contributed by atoms with E-state index in [1.165, 1.54) is 49.1 Å². The lowest BCUT2D eigenvalue weighted by Gasteiger charge is -2.09. The van der Waals surface area contributed by atoms with Crippen LogP contribution < -0.4 is 10.6 Å². The number of benzene rings is 2. The second-order valence-corrected chi connectivity index (χ2v) is 10.2. The third-order valence-electron chi connectivity index (χ3n) is 4.62. The predicted molar refractivity (Wildman–Crippen MR) is 178 cm³/mol. The fraction of sp³-hybridized carbons (Fsp3) is 0.111. The van der Waals surface area contributed by atoms with Gasteiger partial charge in [-0.15, -0.1) is 11.8 Å². The summed E-state index contributed by atoms with van der Waals surface area (Å²) < 4.78 is 26.1. The number of carbonyl (C=O) groups is 2. The second-order valence-electron chi connectivity index (χ2n) is 7.70. The zero-order chi connectivity index (χ0) is 33.5. The molecule has 0 spiro atoms. The van der Waals surface area contributed by atoms with Crippen molar-refractivity contribution in [1.82, 2.24) is 19.9 Å². The van der Waals surface area contributed by atoms with Gasteiger partial charge in [-0.05, 0) is 36.4 Å². The van der Waals surface area contributed by atoms with Crippen LogP contribution in [0.2, 0.25) is 15.2 Å². The molecule has 2 aromatic heterocycles. The summed E-state index contributed by atoms with van der Waals surface area (Å²) in [7, 11) is 0. The largest absolute Gasteiger partial charge is 0.481 e. The Kier molecular flexibility index (Phi) is 17.1. The molecule has 0 amide bonds. The maximum atomic E-state index is 13.1. The third kappa shape index (κ3) is 12.5. The number of halogens is 5. The summed E-state index contributed by atoms with van der Waals surface area (Å²) >= 11 is 21.4. The molecule has 12 nitrogen and oxygen atoms in total. The van der Waals surface area contributed by atoms with Crippen LogP contribution in [0.25, 0.3) is 9.69 Å². The first-order valence-corrected chi connectivity index (χ1v) is 14.4. The van der Waals surface area contributed by atoms with Crippen molar-refractivity contribution in [3.05, 3.63) is 98.7 Å². The first-order valence-electron chi connectivity index (χ1n) is 11.6. The molecule has 0 fully saturated rings. The number of rotatable bonds is 8. The number of thiol groups is 1. The molecule has 46 heavy (non-hydrogen) atoms. The Balaban J connectivity index is 0.000000399. The normalized spacial score (nSPS) is 9.48. The minimum atomic E-state index is -1.01. The minimum Gasteiger partial charge on any atom is -0.481 e. The number of hydrogen-bond donors (Lipinski definition) is 5. The molecule has 0 saturated heterocycles. The van der Waals surface area contributed by atoms with Crippen LogP contribution in [0.3, 0.4) is 0 Å². The Bertz CT molecular complexity index is 1780. The quantitative estimate of drug-likeness (QED) is 0.0512. The highest BCUT2D eigenvalue weighted by atomic mass is 35.5. The maximum absolute atomic E-state index is 13.1. The summed E-state index contributed by atoms with van der Waals surface area (Å²) in [6.07, 6.45) is 2.44. The van der Waals surface area contributed by atoms with Gasteiger partial charge in [0.05, 0.1) is 34.7 Å². The summed E-state index contributed by atoms with van der Waals surface area (Å²) in [6.45, 7) is 14.2. The molecule has 0 atom stereocenters. The van der Waals surface area contributed by atoms with Crippen LogP contribution in [0.5, 0.6) is 0 Å². The molecule has 2 aromatic carbocycles. The van der Waals surface area contributed by atoms with E-state index in [9.17, 15) is 18.4 Å². The molecule has 0 aliphatic carbocycles. The first-order chi connectivity index (χ1) is 21.4. The number of carboxylic acid groups (broad SMARTS) is 2. The average molecular weight is 730 g/mol. The Morgan fingerprint density at radius 2 is 1.28 bits per heavy atom. The fourth-order valence-electron chi connectivity index (χ4n) is 2.76. The summed E-state index contributed by atoms with van der Waals surface area (Å²) in [5.74, 6) is -2.84. The molecule has 240 valence electrons. The van der Waals surface area contributed by atoms with Crippen molar-refractivity contribution >= 4 is 106 Å². The average Bonchev–Trinajstić information content (AvgIpc) is 3.00. The van der Waals surface area contributed by atoms with Crippen molar-refractivity contribution in [3.8, 4) is 0 Å². The standard InChI is InChI=1S/C13H8ClFN4O2S.C11H5Cl2FN4.C2H4O2S.CH4/c1-16-11-12(17-6-18-13(11)22-5-10(20)21)19-7-2-3-9(15)8(14)4-7;1-15-9-10(13)16-5-17-11(9)18-6-2-3-8(14)7(12)4-6;3-2(4)1-5;/h2-4,6H,5H2,(H,20,21)(H,17,18,19);2-5H,(H,16,17,18);5H,1H2,(H,3,4);1H4. The van der Waals surface area contributed by atoms with Crippen molar-refractivity contribution < 1.29 is 28.6 Å². The number of thioether (sulfide) groups is 1. The topological polar surface area (TPSA) is 159 Å². The van der Waals surface area contributed by atoms with Gasteiger partial charge in [0.15, 0.2) is 0 Å². The van der Waals surface area contributed by atoms with Crippen LogP contribution in [0, 0.1) is 24.8 Å². The van der Waals surface area contributed by atoms with Crippen LogP contribution in [-0.2, 0) is 9.59 Å². The summed E-state index contributed by atoms with van der Waals surface area (Å²) in [6, 6.07) is 8.07. The van der Waals surface area contributed by atoms with Gasteiger partial charge >= 0.3 is 11.9 Å². The lowest BCUT2D eigenvalue weighted by atomic mass is 10.3. The summed E-state index contributed by atoms with van der Waals surface area (Å²) in [5.41, 5.74) is 1.14. The van der Waals surface area contributed by atoms with E-state index in [1.807, 2.05) is 0 Å². The molecule has 0 aliphatic heterocycles. The van der Waals surface area contributed by atoms with Gasteiger partial charge in [-0.25, -0.2) is 38.4 Å². The van der Waals surface area contributed by atoms with Crippen molar-refractivity contribution in [3.63, 3.8) is 0 Å². The monoisotopic (exact) mass is 728 g/mol. The molecule has 0 unspecified atom stereocenters. The van der Waals surface area contributed by atoms with E-state index in [-0.39, 0.29) is 62.2 Å². The number of nitrogens with one attached hydrogen (secondary N) is 2. The van der Waals surface area contributed by atoms with E-state index in [1.54, 1.807) is 0 Å².